The lowest BCUT2D eigenvalue weighted by Crippen LogP contribution is -2.41. The van der Waals surface area contributed by atoms with Crippen molar-refractivity contribution >= 4 is 23.2 Å². The van der Waals surface area contributed by atoms with Crippen molar-refractivity contribution in [2.24, 2.45) is 5.92 Å². The van der Waals surface area contributed by atoms with E-state index in [1.165, 1.54) is 31.2 Å². The smallest absolute Gasteiger partial charge is 0.0459 e. The Morgan fingerprint density at radius 2 is 1.80 bits per heavy atom. The van der Waals surface area contributed by atoms with Gasteiger partial charge in [0.2, 0.25) is 0 Å². The number of halogens is 2. The maximum absolute atomic E-state index is 6.49. The largest absolute Gasteiger partial charge is 0.316 e. The molecule has 0 radical (unpaired) electrons. The fraction of sp³-hybridized carbons (Fsp3) is 0.647. The van der Waals surface area contributed by atoms with E-state index in [0.717, 1.165) is 35.5 Å². The van der Waals surface area contributed by atoms with Gasteiger partial charge in [-0.15, -0.1) is 0 Å². The molecule has 0 saturated heterocycles. The maximum Gasteiger partial charge on any atom is 0.0459 e. The summed E-state index contributed by atoms with van der Waals surface area (Å²) in [7, 11) is 0. The van der Waals surface area contributed by atoms with E-state index >= 15 is 0 Å². The van der Waals surface area contributed by atoms with Crippen LogP contribution in [0.25, 0.3) is 0 Å². The number of hydrogen-bond acceptors (Lipinski definition) is 1. The van der Waals surface area contributed by atoms with E-state index in [1.54, 1.807) is 0 Å². The van der Waals surface area contributed by atoms with Gasteiger partial charge < -0.3 is 5.32 Å². The van der Waals surface area contributed by atoms with Gasteiger partial charge in [-0.25, -0.2) is 0 Å². The average molecular weight is 314 g/mol. The van der Waals surface area contributed by atoms with Gasteiger partial charge in [0.05, 0.1) is 0 Å². The van der Waals surface area contributed by atoms with Gasteiger partial charge in [-0.2, -0.15) is 0 Å². The number of nitrogens with one attached hydrogen (secondary N) is 1. The Labute approximate surface area is 133 Å². The van der Waals surface area contributed by atoms with Crippen LogP contribution in [0.3, 0.4) is 0 Å². The molecule has 0 bridgehead atoms. The minimum absolute atomic E-state index is 0.108. The van der Waals surface area contributed by atoms with Crippen molar-refractivity contribution in [1.82, 2.24) is 5.32 Å². The Balaban J connectivity index is 2.30. The summed E-state index contributed by atoms with van der Waals surface area (Å²) in [6.45, 7) is 6.58. The van der Waals surface area contributed by atoms with Crippen LogP contribution in [0, 0.1) is 5.92 Å². The van der Waals surface area contributed by atoms with E-state index in [-0.39, 0.29) is 5.41 Å². The van der Waals surface area contributed by atoms with Crippen LogP contribution < -0.4 is 5.32 Å². The highest BCUT2D eigenvalue weighted by Crippen LogP contribution is 2.46. The molecule has 1 aromatic rings. The molecule has 0 unspecified atom stereocenters. The van der Waals surface area contributed by atoms with Gasteiger partial charge in [0.25, 0.3) is 0 Å². The highest BCUT2D eigenvalue weighted by atomic mass is 35.5. The lowest BCUT2D eigenvalue weighted by Gasteiger charge is -2.41. The fourth-order valence-electron chi connectivity index (χ4n) is 3.34. The fourth-order valence-corrected chi connectivity index (χ4v) is 4.14. The van der Waals surface area contributed by atoms with Gasteiger partial charge in [0, 0.05) is 22.0 Å². The van der Waals surface area contributed by atoms with Gasteiger partial charge >= 0.3 is 0 Å². The molecular formula is C17H25Cl2N. The Hall–Kier alpha value is -0.240. The minimum atomic E-state index is 0.108. The lowest BCUT2D eigenvalue weighted by molar-refractivity contribution is 0.234. The topological polar surface area (TPSA) is 12.0 Å². The van der Waals surface area contributed by atoms with Gasteiger partial charge in [-0.05, 0) is 62.3 Å². The van der Waals surface area contributed by atoms with E-state index in [4.69, 9.17) is 23.2 Å². The highest BCUT2D eigenvalue weighted by Gasteiger charge is 2.38. The predicted octanol–water partition coefficient (Wildman–Crippen LogP) is 5.44. The van der Waals surface area contributed by atoms with Crippen LogP contribution in [0.5, 0.6) is 0 Å². The third kappa shape index (κ3) is 3.50. The first-order chi connectivity index (χ1) is 9.59. The van der Waals surface area contributed by atoms with Crippen LogP contribution in [-0.2, 0) is 5.41 Å². The van der Waals surface area contributed by atoms with E-state index in [1.807, 2.05) is 18.2 Å². The van der Waals surface area contributed by atoms with Crippen LogP contribution in [0.2, 0.25) is 10.0 Å². The van der Waals surface area contributed by atoms with E-state index in [2.05, 4.69) is 19.2 Å². The molecule has 0 spiro atoms. The van der Waals surface area contributed by atoms with Crippen LogP contribution in [-0.4, -0.2) is 13.1 Å². The van der Waals surface area contributed by atoms with Crippen molar-refractivity contribution in [3.63, 3.8) is 0 Å². The molecule has 0 heterocycles. The summed E-state index contributed by atoms with van der Waals surface area (Å²) in [4.78, 5) is 0. The Kier molecular flexibility index (Phi) is 5.77. The normalized spacial score (nSPS) is 26.7. The summed E-state index contributed by atoms with van der Waals surface area (Å²) < 4.78 is 0. The first-order valence-electron chi connectivity index (χ1n) is 7.74. The highest BCUT2D eigenvalue weighted by molar-refractivity contribution is 6.36. The number of hydrogen-bond donors (Lipinski definition) is 1. The van der Waals surface area contributed by atoms with Crippen LogP contribution in [0.1, 0.15) is 51.5 Å². The molecule has 20 heavy (non-hydrogen) atoms. The van der Waals surface area contributed by atoms with E-state index in [0.29, 0.717) is 0 Å². The molecule has 1 nitrogen and oxygen atoms in total. The molecule has 0 amide bonds. The number of benzene rings is 1. The first kappa shape index (κ1) is 16.1. The van der Waals surface area contributed by atoms with Crippen molar-refractivity contribution in [2.45, 2.75) is 51.4 Å². The summed E-state index contributed by atoms with van der Waals surface area (Å²) in [5.41, 5.74) is 1.27. The molecular weight excluding hydrogens is 289 g/mol. The van der Waals surface area contributed by atoms with Gasteiger partial charge in [0.15, 0.2) is 0 Å². The second-order valence-corrected chi connectivity index (χ2v) is 7.05. The summed E-state index contributed by atoms with van der Waals surface area (Å²) in [5.74, 6) is 0.815. The minimum Gasteiger partial charge on any atom is -0.316 e. The van der Waals surface area contributed by atoms with Crippen molar-refractivity contribution < 1.29 is 0 Å². The molecule has 3 heteroatoms. The SMILES string of the molecule is CCCNCC1(c2c(Cl)cccc2Cl)CCC(C)CC1. The van der Waals surface area contributed by atoms with Gasteiger partial charge in [-0.1, -0.05) is 43.1 Å². The van der Waals surface area contributed by atoms with Crippen molar-refractivity contribution in [2.75, 3.05) is 13.1 Å². The lowest BCUT2D eigenvalue weighted by atomic mass is 9.67. The summed E-state index contributed by atoms with van der Waals surface area (Å²) in [6, 6.07) is 5.89. The second kappa shape index (κ2) is 7.15. The third-order valence-corrected chi connectivity index (χ3v) is 5.24. The van der Waals surface area contributed by atoms with Gasteiger partial charge in [-0.3, -0.25) is 0 Å². The second-order valence-electron chi connectivity index (χ2n) is 6.24. The molecule has 1 aliphatic carbocycles. The zero-order chi connectivity index (χ0) is 14.6. The molecule has 2 rings (SSSR count). The van der Waals surface area contributed by atoms with Crippen molar-refractivity contribution in [3.05, 3.63) is 33.8 Å². The number of rotatable bonds is 5. The zero-order valence-electron chi connectivity index (χ0n) is 12.5. The predicted molar refractivity (Wildman–Crippen MR) is 88.9 cm³/mol. The molecule has 1 aromatic carbocycles. The van der Waals surface area contributed by atoms with Crippen molar-refractivity contribution in [3.8, 4) is 0 Å². The maximum atomic E-state index is 6.49. The van der Waals surface area contributed by atoms with Crippen LogP contribution in [0.15, 0.2) is 18.2 Å². The Morgan fingerprint density at radius 3 is 2.35 bits per heavy atom. The molecule has 0 aliphatic heterocycles. The molecule has 1 N–H and O–H groups in total. The Morgan fingerprint density at radius 1 is 1.20 bits per heavy atom. The molecule has 1 saturated carbocycles. The monoisotopic (exact) mass is 313 g/mol. The summed E-state index contributed by atoms with van der Waals surface area (Å²) in [5, 5.41) is 5.24. The van der Waals surface area contributed by atoms with E-state index < -0.39 is 0 Å². The van der Waals surface area contributed by atoms with Crippen LogP contribution >= 0.6 is 23.2 Å². The molecule has 0 aromatic heterocycles. The molecule has 112 valence electrons. The quantitative estimate of drug-likeness (QED) is 0.713. The summed E-state index contributed by atoms with van der Waals surface area (Å²) >= 11 is 13.0. The average Bonchev–Trinajstić information content (AvgIpc) is 2.42. The summed E-state index contributed by atoms with van der Waals surface area (Å²) in [6.07, 6.45) is 6.02. The molecule has 1 fully saturated rings. The van der Waals surface area contributed by atoms with Crippen LogP contribution in [0.4, 0.5) is 0 Å². The van der Waals surface area contributed by atoms with Gasteiger partial charge in [0.1, 0.15) is 0 Å². The first-order valence-corrected chi connectivity index (χ1v) is 8.50. The molecule has 0 atom stereocenters. The molecule has 1 aliphatic rings. The zero-order valence-corrected chi connectivity index (χ0v) is 14.0. The van der Waals surface area contributed by atoms with E-state index in [9.17, 15) is 0 Å². The Bertz CT molecular complexity index is 416. The van der Waals surface area contributed by atoms with Crippen molar-refractivity contribution in [1.29, 1.82) is 0 Å². The standard InChI is InChI=1S/C17H25Cl2N/c1-3-11-20-12-17(9-7-13(2)8-10-17)16-14(18)5-4-6-15(16)19/h4-6,13,20H,3,7-12H2,1-2H3. The third-order valence-electron chi connectivity index (χ3n) is 4.61.